The van der Waals surface area contributed by atoms with Crippen LogP contribution in [0.25, 0.3) is 0 Å². The number of anilines is 1. The van der Waals surface area contributed by atoms with Gasteiger partial charge in [-0.15, -0.1) is 0 Å². The van der Waals surface area contributed by atoms with Gasteiger partial charge in [0, 0.05) is 31.9 Å². The third kappa shape index (κ3) is 6.13. The first kappa shape index (κ1) is 22.9. The van der Waals surface area contributed by atoms with Gasteiger partial charge in [0.05, 0.1) is 17.9 Å². The Morgan fingerprint density at radius 2 is 1.55 bits per heavy atom. The second-order valence-corrected chi connectivity index (χ2v) is 9.40. The van der Waals surface area contributed by atoms with Gasteiger partial charge in [-0.2, -0.15) is 0 Å². The lowest BCUT2D eigenvalue weighted by Gasteiger charge is -2.34. The Labute approximate surface area is 183 Å². The van der Waals surface area contributed by atoms with E-state index in [2.05, 4.69) is 5.32 Å². The number of benzene rings is 2. The number of nitrogens with two attached hydrogens (primary N) is 1. The summed E-state index contributed by atoms with van der Waals surface area (Å²) in [5.41, 5.74) is 3.64. The zero-order chi connectivity index (χ0) is 22.6. The lowest BCUT2D eigenvalue weighted by Crippen LogP contribution is -2.50. The van der Waals surface area contributed by atoms with Crippen molar-refractivity contribution >= 4 is 27.5 Å². The number of carbonyl (C=O) groups is 2. The summed E-state index contributed by atoms with van der Waals surface area (Å²) in [7, 11) is -3.74. The monoisotopic (exact) mass is 444 g/mol. The van der Waals surface area contributed by atoms with E-state index in [1.165, 1.54) is 12.1 Å². The van der Waals surface area contributed by atoms with Gasteiger partial charge in [0.2, 0.25) is 21.8 Å². The maximum atomic E-state index is 12.6. The molecular weight excluding hydrogens is 416 g/mol. The van der Waals surface area contributed by atoms with E-state index in [4.69, 9.17) is 5.14 Å². The van der Waals surface area contributed by atoms with E-state index >= 15 is 0 Å². The first-order chi connectivity index (χ1) is 14.6. The SMILES string of the molecule is Cc1cccc(C)c1NC(=O)CN1CCN(C(=O)Cc2ccc(S(N)(=O)=O)cc2)CC1. The summed E-state index contributed by atoms with van der Waals surface area (Å²) < 4.78 is 22.7. The van der Waals surface area contributed by atoms with Crippen LogP contribution in [0.5, 0.6) is 0 Å². The Morgan fingerprint density at radius 1 is 0.968 bits per heavy atom. The van der Waals surface area contributed by atoms with Crippen molar-refractivity contribution in [2.45, 2.75) is 25.2 Å². The van der Waals surface area contributed by atoms with Crippen LogP contribution >= 0.6 is 0 Å². The maximum absolute atomic E-state index is 12.6. The molecule has 3 N–H and O–H groups in total. The second kappa shape index (κ2) is 9.59. The maximum Gasteiger partial charge on any atom is 0.238 e. The first-order valence-electron chi connectivity index (χ1n) is 10.1. The van der Waals surface area contributed by atoms with E-state index in [9.17, 15) is 18.0 Å². The fourth-order valence-corrected chi connectivity index (χ4v) is 4.15. The number of aryl methyl sites for hydroxylation is 2. The Morgan fingerprint density at radius 3 is 2.10 bits per heavy atom. The van der Waals surface area contributed by atoms with Gasteiger partial charge in [0.1, 0.15) is 0 Å². The summed E-state index contributed by atoms with van der Waals surface area (Å²) in [6, 6.07) is 11.9. The molecule has 0 aromatic heterocycles. The fraction of sp³-hybridized carbons (Fsp3) is 0.364. The standard InChI is InChI=1S/C22H28N4O4S/c1-16-4-3-5-17(2)22(16)24-20(27)15-25-10-12-26(13-11-25)21(28)14-18-6-8-19(9-7-18)31(23,29)30/h3-9H,10-15H2,1-2H3,(H,24,27)(H2,23,29,30). The van der Waals surface area contributed by atoms with Crippen LogP contribution in [0.1, 0.15) is 16.7 Å². The number of carbonyl (C=O) groups excluding carboxylic acids is 2. The van der Waals surface area contributed by atoms with Crippen molar-refractivity contribution in [2.24, 2.45) is 5.14 Å². The molecule has 2 aromatic rings. The van der Waals surface area contributed by atoms with E-state index in [0.717, 1.165) is 22.4 Å². The van der Waals surface area contributed by atoms with Crippen LogP contribution in [0.2, 0.25) is 0 Å². The van der Waals surface area contributed by atoms with Gasteiger partial charge in [-0.25, -0.2) is 13.6 Å². The highest BCUT2D eigenvalue weighted by Crippen LogP contribution is 2.19. The largest absolute Gasteiger partial charge is 0.340 e. The number of primary sulfonamides is 1. The minimum Gasteiger partial charge on any atom is -0.340 e. The average Bonchev–Trinajstić information content (AvgIpc) is 2.71. The summed E-state index contributed by atoms with van der Waals surface area (Å²) >= 11 is 0. The normalized spacial score (nSPS) is 15.0. The zero-order valence-corrected chi connectivity index (χ0v) is 18.6. The summed E-state index contributed by atoms with van der Waals surface area (Å²) in [5.74, 6) is -0.0879. The number of nitrogens with zero attached hydrogens (tertiary/aromatic N) is 2. The fourth-order valence-electron chi connectivity index (χ4n) is 3.63. The van der Waals surface area contributed by atoms with Crippen molar-refractivity contribution in [1.82, 2.24) is 9.80 Å². The van der Waals surface area contributed by atoms with Gasteiger partial charge < -0.3 is 10.2 Å². The topological polar surface area (TPSA) is 113 Å². The van der Waals surface area contributed by atoms with Crippen molar-refractivity contribution in [3.05, 3.63) is 59.2 Å². The van der Waals surface area contributed by atoms with Crippen molar-refractivity contribution in [1.29, 1.82) is 0 Å². The van der Waals surface area contributed by atoms with E-state index in [1.54, 1.807) is 17.0 Å². The van der Waals surface area contributed by atoms with Crippen LogP contribution in [-0.2, 0) is 26.0 Å². The molecule has 1 heterocycles. The van der Waals surface area contributed by atoms with E-state index in [0.29, 0.717) is 26.2 Å². The molecule has 3 rings (SSSR count). The van der Waals surface area contributed by atoms with E-state index in [1.807, 2.05) is 36.9 Å². The Kier molecular flexibility index (Phi) is 7.09. The Balaban J connectivity index is 1.47. The molecular formula is C22H28N4O4S. The van der Waals surface area contributed by atoms with Gasteiger partial charge in [-0.05, 0) is 42.7 Å². The predicted molar refractivity (Wildman–Crippen MR) is 119 cm³/mol. The molecule has 2 amide bonds. The van der Waals surface area contributed by atoms with Gasteiger partial charge >= 0.3 is 0 Å². The molecule has 1 aliphatic rings. The lowest BCUT2D eigenvalue weighted by atomic mass is 10.1. The van der Waals surface area contributed by atoms with Gasteiger partial charge in [-0.3, -0.25) is 14.5 Å². The molecule has 0 atom stereocenters. The Bertz CT molecular complexity index is 1040. The molecule has 0 spiro atoms. The van der Waals surface area contributed by atoms with Crippen molar-refractivity contribution in [2.75, 3.05) is 38.0 Å². The quantitative estimate of drug-likeness (QED) is 0.697. The molecule has 2 aromatic carbocycles. The van der Waals surface area contributed by atoms with E-state index < -0.39 is 10.0 Å². The van der Waals surface area contributed by atoms with Crippen molar-refractivity contribution < 1.29 is 18.0 Å². The second-order valence-electron chi connectivity index (χ2n) is 7.84. The van der Waals surface area contributed by atoms with Crippen LogP contribution in [0, 0.1) is 13.8 Å². The molecule has 1 fully saturated rings. The minimum absolute atomic E-state index is 0.0245. The van der Waals surface area contributed by atoms with Crippen molar-refractivity contribution in [3.63, 3.8) is 0 Å². The van der Waals surface area contributed by atoms with Crippen LogP contribution in [0.15, 0.2) is 47.4 Å². The summed E-state index contributed by atoms with van der Waals surface area (Å²) in [6.45, 7) is 6.55. The molecule has 0 saturated carbocycles. The lowest BCUT2D eigenvalue weighted by molar-refractivity contribution is -0.132. The van der Waals surface area contributed by atoms with Gasteiger partial charge in [-0.1, -0.05) is 30.3 Å². The zero-order valence-electron chi connectivity index (χ0n) is 17.8. The molecule has 0 aliphatic carbocycles. The molecule has 9 heteroatoms. The number of hydrogen-bond acceptors (Lipinski definition) is 5. The molecule has 0 radical (unpaired) electrons. The highest BCUT2D eigenvalue weighted by molar-refractivity contribution is 7.89. The third-order valence-corrected chi connectivity index (χ3v) is 6.37. The summed E-state index contributed by atoms with van der Waals surface area (Å²) in [6.07, 6.45) is 0.192. The molecule has 31 heavy (non-hydrogen) atoms. The number of sulfonamides is 1. The summed E-state index contributed by atoms with van der Waals surface area (Å²) in [5, 5.41) is 8.09. The first-order valence-corrected chi connectivity index (χ1v) is 11.7. The van der Waals surface area contributed by atoms with Crippen LogP contribution in [0.3, 0.4) is 0 Å². The van der Waals surface area contributed by atoms with Gasteiger partial charge in [0.25, 0.3) is 0 Å². The molecule has 1 saturated heterocycles. The van der Waals surface area contributed by atoms with Crippen molar-refractivity contribution in [3.8, 4) is 0 Å². The predicted octanol–water partition coefficient (Wildman–Crippen LogP) is 1.28. The van der Waals surface area contributed by atoms with Crippen LogP contribution in [-0.4, -0.2) is 62.8 Å². The summed E-state index contributed by atoms with van der Waals surface area (Å²) in [4.78, 5) is 28.9. The number of rotatable bonds is 6. The van der Waals surface area contributed by atoms with E-state index in [-0.39, 0.29) is 29.7 Å². The van der Waals surface area contributed by atoms with Gasteiger partial charge in [0.15, 0.2) is 0 Å². The molecule has 1 aliphatic heterocycles. The molecule has 0 unspecified atom stereocenters. The average molecular weight is 445 g/mol. The van der Waals surface area contributed by atoms with Crippen LogP contribution < -0.4 is 10.5 Å². The number of hydrogen-bond donors (Lipinski definition) is 2. The third-order valence-electron chi connectivity index (χ3n) is 5.44. The minimum atomic E-state index is -3.74. The number of para-hydroxylation sites is 1. The number of piperazine rings is 1. The smallest absolute Gasteiger partial charge is 0.238 e. The highest BCUT2D eigenvalue weighted by Gasteiger charge is 2.23. The number of amides is 2. The number of nitrogens with one attached hydrogen (secondary N) is 1. The van der Waals surface area contributed by atoms with Crippen LogP contribution in [0.4, 0.5) is 5.69 Å². The molecule has 8 nitrogen and oxygen atoms in total. The molecule has 166 valence electrons. The molecule has 0 bridgehead atoms. The highest BCUT2D eigenvalue weighted by atomic mass is 32.2. The Hall–Kier alpha value is -2.75.